The Balaban J connectivity index is 2.86. The second kappa shape index (κ2) is 14.1. The summed E-state index contributed by atoms with van der Waals surface area (Å²) in [7, 11) is 0. The molecule has 1 aromatic rings. The molecule has 0 N–H and O–H groups in total. The number of unbranched alkanes of at least 4 members (excludes halogenated alkanes) is 6. The fourth-order valence-electron chi connectivity index (χ4n) is 3.97. The van der Waals surface area contributed by atoms with Gasteiger partial charge in [-0.2, -0.15) is 0 Å². The molecule has 0 radical (unpaired) electrons. The summed E-state index contributed by atoms with van der Waals surface area (Å²) < 4.78 is 6.36. The van der Waals surface area contributed by atoms with E-state index in [9.17, 15) is 0 Å². The third-order valence-electron chi connectivity index (χ3n) is 5.75. The zero-order chi connectivity index (χ0) is 18.4. The molecule has 0 aliphatic carbocycles. The van der Waals surface area contributed by atoms with Crippen LogP contribution < -0.4 is 3.58 Å². The van der Waals surface area contributed by atoms with Gasteiger partial charge in [-0.3, -0.25) is 0 Å². The Morgan fingerprint density at radius 2 is 1.24 bits per heavy atom. The average molecular weight is 452 g/mol. The van der Waals surface area contributed by atoms with Crippen LogP contribution in [0.1, 0.15) is 97.6 Å². The molecule has 0 saturated heterocycles. The number of aryl methyl sites for hydroxylation is 1. The molecule has 25 heavy (non-hydrogen) atoms. The van der Waals surface area contributed by atoms with E-state index in [1.807, 2.05) is 0 Å². The van der Waals surface area contributed by atoms with Crippen molar-refractivity contribution in [3.63, 3.8) is 0 Å². The molecule has 2 heteroatoms. The molecular weight excluding hydrogens is 409 g/mol. The Kier molecular flexibility index (Phi) is 12.9. The molecule has 0 spiro atoms. The van der Waals surface area contributed by atoms with E-state index in [0.717, 1.165) is 0 Å². The van der Waals surface area contributed by atoms with Gasteiger partial charge in [0.25, 0.3) is 0 Å². The van der Waals surface area contributed by atoms with Crippen LogP contribution in [0.25, 0.3) is 0 Å². The molecule has 0 unspecified atom stereocenters. The summed E-state index contributed by atoms with van der Waals surface area (Å²) in [5.41, 5.74) is 1.32. The van der Waals surface area contributed by atoms with Gasteiger partial charge in [0.1, 0.15) is 0 Å². The molecule has 1 heterocycles. The molecule has 1 rings (SSSR count). The maximum absolute atomic E-state index is 4.92. The topological polar surface area (TPSA) is 12.9 Å². The Labute approximate surface area is 162 Å². The fourth-order valence-corrected chi connectivity index (χ4v) is 19.6. The molecule has 0 atom stereocenters. The summed E-state index contributed by atoms with van der Waals surface area (Å²) in [6, 6.07) is 4.88. The normalized spacial score (nSPS) is 11.8. The third-order valence-corrected chi connectivity index (χ3v) is 21.3. The van der Waals surface area contributed by atoms with Crippen molar-refractivity contribution in [3.8, 4) is 0 Å². The Hall–Kier alpha value is -0.0513. The van der Waals surface area contributed by atoms with Crippen molar-refractivity contribution in [2.75, 3.05) is 0 Å². The SMILES string of the molecule is CCCCCCc1cc[c]([Sn]([CH2]CCC)([CH2]CCC)[CH2]CCC)cn1. The fraction of sp³-hybridized carbons (Fsp3) is 0.783. The molecule has 0 aliphatic rings. The van der Waals surface area contributed by atoms with E-state index in [4.69, 9.17) is 4.98 Å². The molecule has 0 fully saturated rings. The average Bonchev–Trinajstić information content (AvgIpc) is 2.65. The van der Waals surface area contributed by atoms with Crippen LogP contribution >= 0.6 is 0 Å². The minimum absolute atomic E-state index is 1.17. The first-order valence-electron chi connectivity index (χ1n) is 11.2. The van der Waals surface area contributed by atoms with E-state index in [-0.39, 0.29) is 0 Å². The van der Waals surface area contributed by atoms with Crippen LogP contribution in [0.15, 0.2) is 18.3 Å². The van der Waals surface area contributed by atoms with Crippen LogP contribution in [-0.4, -0.2) is 23.4 Å². The molecule has 0 amide bonds. The van der Waals surface area contributed by atoms with Gasteiger partial charge in [-0.15, -0.1) is 0 Å². The standard InChI is InChI=1S/C11H16N.3C4H9.Sn/c1-2-3-4-5-8-11-9-6-7-10-12-11;3*1-3-4-2;/h6,9-10H,2-5,8H2,1H3;3*1,3-4H2,2H3;. The summed E-state index contributed by atoms with van der Waals surface area (Å²) in [6.07, 6.45) is 17.2. The van der Waals surface area contributed by atoms with Gasteiger partial charge in [-0.25, -0.2) is 0 Å². The quantitative estimate of drug-likeness (QED) is 0.202. The zero-order valence-corrected chi connectivity index (χ0v) is 20.4. The van der Waals surface area contributed by atoms with Gasteiger partial charge in [0, 0.05) is 0 Å². The van der Waals surface area contributed by atoms with Crippen molar-refractivity contribution in [2.45, 2.75) is 112 Å². The van der Waals surface area contributed by atoms with E-state index in [0.29, 0.717) is 0 Å². The summed E-state index contributed by atoms with van der Waals surface area (Å²) in [5, 5.41) is 0. The Morgan fingerprint density at radius 3 is 1.68 bits per heavy atom. The van der Waals surface area contributed by atoms with Gasteiger partial charge in [0.15, 0.2) is 0 Å². The second-order valence-electron chi connectivity index (χ2n) is 7.94. The monoisotopic (exact) mass is 453 g/mol. The van der Waals surface area contributed by atoms with Crippen LogP contribution in [0.5, 0.6) is 0 Å². The first-order chi connectivity index (χ1) is 12.2. The third kappa shape index (κ3) is 8.45. The van der Waals surface area contributed by atoms with Crippen molar-refractivity contribution in [1.29, 1.82) is 0 Å². The summed E-state index contributed by atoms with van der Waals surface area (Å²) in [6.45, 7) is 9.35. The zero-order valence-electron chi connectivity index (χ0n) is 17.6. The van der Waals surface area contributed by atoms with Crippen LogP contribution in [-0.2, 0) is 6.42 Å². The minimum atomic E-state index is -2.25. The van der Waals surface area contributed by atoms with Crippen molar-refractivity contribution in [2.24, 2.45) is 0 Å². The summed E-state index contributed by atoms with van der Waals surface area (Å²) in [5.74, 6) is 0. The van der Waals surface area contributed by atoms with E-state index in [1.54, 1.807) is 16.9 Å². The van der Waals surface area contributed by atoms with Crippen molar-refractivity contribution in [1.82, 2.24) is 4.98 Å². The molecule has 1 nitrogen and oxygen atoms in total. The Morgan fingerprint density at radius 1 is 0.680 bits per heavy atom. The number of hydrogen-bond acceptors (Lipinski definition) is 1. The van der Waals surface area contributed by atoms with E-state index in [1.165, 1.54) is 76.3 Å². The second-order valence-corrected chi connectivity index (χ2v) is 21.2. The van der Waals surface area contributed by atoms with Gasteiger partial charge in [0.05, 0.1) is 0 Å². The molecule has 0 saturated carbocycles. The number of hydrogen-bond donors (Lipinski definition) is 0. The van der Waals surface area contributed by atoms with E-state index < -0.39 is 18.4 Å². The van der Waals surface area contributed by atoms with Crippen LogP contribution in [0.3, 0.4) is 0 Å². The first-order valence-corrected chi connectivity index (χ1v) is 18.7. The maximum atomic E-state index is 4.92. The van der Waals surface area contributed by atoms with Crippen molar-refractivity contribution >= 4 is 22.0 Å². The predicted molar refractivity (Wildman–Crippen MR) is 117 cm³/mol. The number of rotatable bonds is 15. The molecule has 144 valence electrons. The predicted octanol–water partition coefficient (Wildman–Crippen LogP) is 7.26. The molecule has 0 bridgehead atoms. The summed E-state index contributed by atoms with van der Waals surface area (Å²) in [4.78, 5) is 4.92. The molecular formula is C23H43NSn. The summed E-state index contributed by atoms with van der Waals surface area (Å²) >= 11 is -2.25. The van der Waals surface area contributed by atoms with Gasteiger partial charge in [0.2, 0.25) is 0 Å². The molecule has 1 aromatic heterocycles. The number of pyridine rings is 1. The van der Waals surface area contributed by atoms with Gasteiger partial charge in [-0.1, -0.05) is 0 Å². The molecule has 0 aromatic carbocycles. The molecule has 0 aliphatic heterocycles. The van der Waals surface area contributed by atoms with Gasteiger partial charge in [-0.05, 0) is 0 Å². The van der Waals surface area contributed by atoms with Gasteiger partial charge < -0.3 is 0 Å². The van der Waals surface area contributed by atoms with Crippen LogP contribution in [0, 0.1) is 0 Å². The number of aromatic nitrogens is 1. The van der Waals surface area contributed by atoms with Crippen molar-refractivity contribution in [3.05, 3.63) is 24.0 Å². The van der Waals surface area contributed by atoms with E-state index >= 15 is 0 Å². The van der Waals surface area contributed by atoms with Crippen LogP contribution in [0.2, 0.25) is 13.3 Å². The van der Waals surface area contributed by atoms with Crippen molar-refractivity contribution < 1.29 is 0 Å². The number of nitrogens with zero attached hydrogens (tertiary/aromatic N) is 1. The first kappa shape index (κ1) is 23.0. The van der Waals surface area contributed by atoms with Gasteiger partial charge >= 0.3 is 163 Å². The van der Waals surface area contributed by atoms with E-state index in [2.05, 4.69) is 46.0 Å². The van der Waals surface area contributed by atoms with Crippen LogP contribution in [0.4, 0.5) is 0 Å². The Bertz CT molecular complexity index is 404.